The SMILES string of the molecule is CCOC(=O)OC1=C(N(C)C)C2(CC1=O)C(=O)N=C1C(C)=CC=CN12. The number of allylic oxidation sites excluding steroid dienone is 3. The molecule has 0 N–H and O–H groups in total. The number of nitrogens with zero attached hydrogens (tertiary/aromatic N) is 3. The number of amidine groups is 1. The van der Waals surface area contributed by atoms with Crippen molar-refractivity contribution >= 4 is 23.7 Å². The number of amides is 1. The van der Waals surface area contributed by atoms with Crippen molar-refractivity contribution in [2.24, 2.45) is 4.99 Å². The first kappa shape index (κ1) is 16.9. The Bertz CT molecular complexity index is 790. The monoisotopic (exact) mass is 345 g/mol. The van der Waals surface area contributed by atoms with Crippen LogP contribution in [0.25, 0.3) is 0 Å². The second-order valence-corrected chi connectivity index (χ2v) is 6.12. The molecule has 25 heavy (non-hydrogen) atoms. The molecular formula is C17H19N3O5. The smallest absolute Gasteiger partial charge is 0.434 e. The quantitative estimate of drug-likeness (QED) is 0.714. The topological polar surface area (TPSA) is 88.5 Å². The zero-order chi connectivity index (χ0) is 18.4. The molecule has 3 rings (SSSR count). The van der Waals surface area contributed by atoms with Crippen molar-refractivity contribution in [2.75, 3.05) is 20.7 Å². The molecule has 0 aromatic rings. The summed E-state index contributed by atoms with van der Waals surface area (Å²) in [6.45, 7) is 3.59. The van der Waals surface area contributed by atoms with Gasteiger partial charge in [0.05, 0.1) is 18.7 Å². The van der Waals surface area contributed by atoms with Crippen LogP contribution in [0.5, 0.6) is 0 Å². The van der Waals surface area contributed by atoms with Crippen molar-refractivity contribution in [3.05, 3.63) is 35.4 Å². The number of carbonyl (C=O) groups excluding carboxylic acids is 3. The van der Waals surface area contributed by atoms with Crippen molar-refractivity contribution in [2.45, 2.75) is 25.8 Å². The molecule has 0 saturated heterocycles. The summed E-state index contributed by atoms with van der Waals surface area (Å²) in [6, 6.07) is 0. The van der Waals surface area contributed by atoms with E-state index in [1.165, 1.54) is 0 Å². The minimum Gasteiger partial charge on any atom is -0.434 e. The number of hydrogen-bond donors (Lipinski definition) is 0. The summed E-state index contributed by atoms with van der Waals surface area (Å²) in [5, 5.41) is 0. The van der Waals surface area contributed by atoms with Gasteiger partial charge in [0.1, 0.15) is 5.84 Å². The highest BCUT2D eigenvalue weighted by atomic mass is 16.7. The minimum atomic E-state index is -1.33. The zero-order valence-electron chi connectivity index (χ0n) is 14.5. The lowest BCUT2D eigenvalue weighted by Crippen LogP contribution is -2.52. The number of Topliss-reactive ketones (excluding diaryl/α,β-unsaturated/α-hetero) is 1. The molecule has 0 bridgehead atoms. The zero-order valence-corrected chi connectivity index (χ0v) is 14.5. The average molecular weight is 345 g/mol. The molecule has 1 atom stereocenters. The standard InChI is InChI=1S/C17H19N3O5/c1-5-24-16(23)25-12-11(21)9-17(13(12)19(3)4)15(22)18-14-10(2)7-6-8-20(14)17/h6-8H,5,9H2,1-4H3. The lowest BCUT2D eigenvalue weighted by molar-refractivity contribution is -0.127. The van der Waals surface area contributed by atoms with Crippen LogP contribution in [0.2, 0.25) is 0 Å². The maximum Gasteiger partial charge on any atom is 0.514 e. The highest BCUT2D eigenvalue weighted by molar-refractivity contribution is 6.19. The summed E-state index contributed by atoms with van der Waals surface area (Å²) in [5.41, 5.74) is -0.212. The molecule has 8 heteroatoms. The molecule has 0 radical (unpaired) electrons. The van der Waals surface area contributed by atoms with E-state index in [0.29, 0.717) is 11.5 Å². The van der Waals surface area contributed by atoms with Gasteiger partial charge in [-0.2, -0.15) is 4.99 Å². The first-order valence-electron chi connectivity index (χ1n) is 7.90. The summed E-state index contributed by atoms with van der Waals surface area (Å²) in [6.07, 6.45) is 4.21. The molecule has 1 unspecified atom stereocenters. The number of ketones is 1. The Morgan fingerprint density at radius 3 is 2.76 bits per heavy atom. The van der Waals surface area contributed by atoms with E-state index < -0.39 is 23.4 Å². The Kier molecular flexibility index (Phi) is 3.98. The Morgan fingerprint density at radius 2 is 2.12 bits per heavy atom. The van der Waals surface area contributed by atoms with Gasteiger partial charge in [0.15, 0.2) is 11.3 Å². The fourth-order valence-corrected chi connectivity index (χ4v) is 3.35. The van der Waals surface area contributed by atoms with Crippen molar-refractivity contribution in [1.82, 2.24) is 9.80 Å². The van der Waals surface area contributed by atoms with E-state index in [9.17, 15) is 14.4 Å². The number of aliphatic imine (C=N–C) groups is 1. The van der Waals surface area contributed by atoms with Gasteiger partial charge < -0.3 is 19.3 Å². The van der Waals surface area contributed by atoms with Gasteiger partial charge in [-0.25, -0.2) is 4.79 Å². The molecule has 0 fully saturated rings. The van der Waals surface area contributed by atoms with E-state index in [-0.39, 0.29) is 18.8 Å². The molecule has 132 valence electrons. The van der Waals surface area contributed by atoms with Crippen LogP contribution in [0.3, 0.4) is 0 Å². The Balaban J connectivity index is 2.11. The predicted octanol–water partition coefficient (Wildman–Crippen LogP) is 1.36. The van der Waals surface area contributed by atoms with Crippen molar-refractivity contribution < 1.29 is 23.9 Å². The molecule has 0 saturated carbocycles. The lowest BCUT2D eigenvalue weighted by atomic mass is 9.92. The second kappa shape index (κ2) is 5.87. The van der Waals surface area contributed by atoms with E-state index >= 15 is 0 Å². The van der Waals surface area contributed by atoms with Crippen LogP contribution in [-0.2, 0) is 19.1 Å². The normalized spacial score (nSPS) is 24.6. The Hall–Kier alpha value is -2.90. The van der Waals surface area contributed by atoms with E-state index in [1.54, 1.807) is 43.1 Å². The van der Waals surface area contributed by atoms with Crippen molar-refractivity contribution in [1.29, 1.82) is 0 Å². The lowest BCUT2D eigenvalue weighted by Gasteiger charge is -2.37. The van der Waals surface area contributed by atoms with E-state index in [0.717, 1.165) is 5.57 Å². The van der Waals surface area contributed by atoms with Crippen LogP contribution in [-0.4, -0.2) is 59.7 Å². The van der Waals surface area contributed by atoms with Crippen LogP contribution in [0.4, 0.5) is 4.79 Å². The number of hydrogen-bond acceptors (Lipinski definition) is 7. The molecule has 8 nitrogen and oxygen atoms in total. The Labute approximate surface area is 145 Å². The number of fused-ring (bicyclic) bond motifs is 2. The third-order valence-corrected chi connectivity index (χ3v) is 4.31. The van der Waals surface area contributed by atoms with Crippen LogP contribution in [0.15, 0.2) is 40.4 Å². The molecule has 2 aliphatic heterocycles. The molecule has 1 amide bonds. The number of carbonyl (C=O) groups is 3. The van der Waals surface area contributed by atoms with Gasteiger partial charge in [-0.05, 0) is 25.5 Å². The maximum absolute atomic E-state index is 12.9. The van der Waals surface area contributed by atoms with Crippen molar-refractivity contribution in [3.63, 3.8) is 0 Å². The van der Waals surface area contributed by atoms with E-state index in [4.69, 9.17) is 9.47 Å². The van der Waals surface area contributed by atoms with Crippen LogP contribution in [0, 0.1) is 0 Å². The largest absolute Gasteiger partial charge is 0.514 e. The molecule has 0 aromatic carbocycles. The second-order valence-electron chi connectivity index (χ2n) is 6.12. The Morgan fingerprint density at radius 1 is 1.40 bits per heavy atom. The first-order valence-corrected chi connectivity index (χ1v) is 7.90. The maximum atomic E-state index is 12.9. The molecule has 1 aliphatic carbocycles. The first-order chi connectivity index (χ1) is 11.8. The molecule has 0 aromatic heterocycles. The third kappa shape index (κ3) is 2.36. The van der Waals surface area contributed by atoms with Crippen molar-refractivity contribution in [3.8, 4) is 0 Å². The van der Waals surface area contributed by atoms with Gasteiger partial charge >= 0.3 is 6.16 Å². The van der Waals surface area contributed by atoms with Gasteiger partial charge in [-0.1, -0.05) is 6.08 Å². The number of ether oxygens (including phenoxy) is 2. The summed E-state index contributed by atoms with van der Waals surface area (Å²) in [4.78, 5) is 44.6. The van der Waals surface area contributed by atoms with E-state index in [2.05, 4.69) is 4.99 Å². The highest BCUT2D eigenvalue weighted by Gasteiger charge is 2.61. The van der Waals surface area contributed by atoms with Gasteiger partial charge in [-0.3, -0.25) is 9.59 Å². The molecule has 3 aliphatic rings. The summed E-state index contributed by atoms with van der Waals surface area (Å²) < 4.78 is 9.90. The average Bonchev–Trinajstić information content (AvgIpc) is 2.97. The molecule has 2 heterocycles. The summed E-state index contributed by atoms with van der Waals surface area (Å²) in [5.74, 6) is -0.575. The fraction of sp³-hybridized carbons (Fsp3) is 0.412. The summed E-state index contributed by atoms with van der Waals surface area (Å²) >= 11 is 0. The predicted molar refractivity (Wildman–Crippen MR) is 88.4 cm³/mol. The van der Waals surface area contributed by atoms with E-state index in [1.807, 2.05) is 13.0 Å². The van der Waals surface area contributed by atoms with Gasteiger partial charge in [0.2, 0.25) is 5.78 Å². The molecule has 1 spiro atoms. The fourth-order valence-electron chi connectivity index (χ4n) is 3.35. The van der Waals surface area contributed by atoms with Crippen LogP contribution in [0.1, 0.15) is 20.3 Å². The van der Waals surface area contributed by atoms with Gasteiger partial charge in [0, 0.05) is 20.3 Å². The highest BCUT2D eigenvalue weighted by Crippen LogP contribution is 2.45. The number of rotatable bonds is 3. The minimum absolute atomic E-state index is 0.119. The van der Waals surface area contributed by atoms with Gasteiger partial charge in [0.25, 0.3) is 5.91 Å². The number of likely N-dealkylation sites (N-methyl/N-ethyl adjacent to an activating group) is 1. The third-order valence-electron chi connectivity index (χ3n) is 4.31. The van der Waals surface area contributed by atoms with Crippen LogP contribution < -0.4 is 0 Å². The van der Waals surface area contributed by atoms with Crippen LogP contribution >= 0.6 is 0 Å². The van der Waals surface area contributed by atoms with Gasteiger partial charge in [-0.15, -0.1) is 0 Å². The molecular weight excluding hydrogens is 326 g/mol. The summed E-state index contributed by atoms with van der Waals surface area (Å²) in [7, 11) is 3.37.